The zero-order valence-corrected chi connectivity index (χ0v) is 10.7. The predicted molar refractivity (Wildman–Crippen MR) is 66.5 cm³/mol. The molecule has 0 saturated heterocycles. The summed E-state index contributed by atoms with van der Waals surface area (Å²) in [7, 11) is 1.32. The fourth-order valence-corrected chi connectivity index (χ4v) is 1.34. The first-order chi connectivity index (χ1) is 7.95. The molecule has 0 saturated carbocycles. The van der Waals surface area contributed by atoms with Gasteiger partial charge >= 0.3 is 5.97 Å². The number of carbonyl (C=O) groups is 2. The van der Waals surface area contributed by atoms with E-state index in [0.717, 1.165) is 5.56 Å². The Kier molecular flexibility index (Phi) is 4.52. The van der Waals surface area contributed by atoms with Crippen LogP contribution in [0.1, 0.15) is 22.8 Å². The molecule has 1 aromatic carbocycles. The molecule has 1 amide bonds. The van der Waals surface area contributed by atoms with Crippen LogP contribution in [0, 0.1) is 6.92 Å². The highest BCUT2D eigenvalue weighted by Crippen LogP contribution is 2.17. The smallest absolute Gasteiger partial charge is 0.337 e. The lowest BCUT2D eigenvalue weighted by Crippen LogP contribution is -2.20. The van der Waals surface area contributed by atoms with Gasteiger partial charge in [-0.3, -0.25) is 4.79 Å². The minimum absolute atomic E-state index is 0.277. The van der Waals surface area contributed by atoms with Crippen LogP contribution in [0.5, 0.6) is 0 Å². The molecule has 1 aromatic rings. The van der Waals surface area contributed by atoms with Crippen molar-refractivity contribution in [2.24, 2.45) is 0 Å². The molecule has 1 unspecified atom stereocenters. The first kappa shape index (κ1) is 13.5. The van der Waals surface area contributed by atoms with Crippen molar-refractivity contribution < 1.29 is 14.3 Å². The number of anilines is 1. The van der Waals surface area contributed by atoms with Gasteiger partial charge < -0.3 is 10.1 Å². The minimum Gasteiger partial charge on any atom is -0.465 e. The van der Waals surface area contributed by atoms with Gasteiger partial charge in [0.25, 0.3) is 0 Å². The van der Waals surface area contributed by atoms with Gasteiger partial charge in [0.15, 0.2) is 0 Å². The summed E-state index contributed by atoms with van der Waals surface area (Å²) < 4.78 is 4.60. The fourth-order valence-electron chi connectivity index (χ4n) is 1.28. The van der Waals surface area contributed by atoms with Gasteiger partial charge in [0.1, 0.15) is 5.38 Å². The number of hydrogen-bond donors (Lipinski definition) is 1. The summed E-state index contributed by atoms with van der Waals surface area (Å²) in [5.41, 5.74) is 1.86. The van der Waals surface area contributed by atoms with Crippen LogP contribution in [0.3, 0.4) is 0 Å². The van der Waals surface area contributed by atoms with E-state index in [1.807, 2.05) is 0 Å². The first-order valence-electron chi connectivity index (χ1n) is 5.09. The number of benzene rings is 1. The third-order valence-electron chi connectivity index (χ3n) is 2.27. The second-order valence-electron chi connectivity index (χ2n) is 3.63. The number of aryl methyl sites for hydroxylation is 1. The molecule has 0 spiro atoms. The molecule has 0 aliphatic heterocycles. The van der Waals surface area contributed by atoms with Gasteiger partial charge in [0, 0.05) is 5.69 Å². The number of halogens is 1. The molecule has 1 N–H and O–H groups in total. The summed E-state index contributed by atoms with van der Waals surface area (Å²) in [5, 5.41) is 2.07. The monoisotopic (exact) mass is 255 g/mol. The maximum absolute atomic E-state index is 11.4. The predicted octanol–water partition coefficient (Wildman–Crippen LogP) is 2.35. The molecule has 17 heavy (non-hydrogen) atoms. The lowest BCUT2D eigenvalue weighted by molar-refractivity contribution is -0.115. The molecule has 5 heteroatoms. The van der Waals surface area contributed by atoms with Crippen LogP contribution < -0.4 is 5.32 Å². The van der Waals surface area contributed by atoms with Gasteiger partial charge in [-0.25, -0.2) is 4.79 Å². The van der Waals surface area contributed by atoms with Crippen molar-refractivity contribution in [3.8, 4) is 0 Å². The summed E-state index contributed by atoms with van der Waals surface area (Å²) in [6.45, 7) is 3.38. The van der Waals surface area contributed by atoms with E-state index in [9.17, 15) is 9.59 Å². The third kappa shape index (κ3) is 3.46. The summed E-state index contributed by atoms with van der Waals surface area (Å²) >= 11 is 5.65. The number of alkyl halides is 1. The number of ether oxygens (including phenoxy) is 1. The van der Waals surface area contributed by atoms with E-state index in [2.05, 4.69) is 10.1 Å². The molecule has 0 fully saturated rings. The average molecular weight is 256 g/mol. The summed E-state index contributed by atoms with van der Waals surface area (Å²) in [6.07, 6.45) is 0. The van der Waals surface area contributed by atoms with Crippen LogP contribution in [0.25, 0.3) is 0 Å². The van der Waals surface area contributed by atoms with Crippen LogP contribution in [0.4, 0.5) is 5.69 Å². The molecule has 0 radical (unpaired) electrons. The molecular weight excluding hydrogens is 242 g/mol. The standard InChI is InChI=1S/C12H14ClNO3/c1-7-6-9(12(16)17-3)4-5-10(7)14-11(15)8(2)13/h4-6,8H,1-3H3,(H,14,15). The lowest BCUT2D eigenvalue weighted by Gasteiger charge is -2.10. The third-order valence-corrected chi connectivity index (χ3v) is 2.46. The van der Waals surface area contributed by atoms with Crippen molar-refractivity contribution in [2.75, 3.05) is 12.4 Å². The molecule has 1 rings (SSSR count). The van der Waals surface area contributed by atoms with Gasteiger partial charge in [-0.2, -0.15) is 0 Å². The molecule has 0 aliphatic rings. The highest BCUT2D eigenvalue weighted by atomic mass is 35.5. The van der Waals surface area contributed by atoms with E-state index in [4.69, 9.17) is 11.6 Å². The second-order valence-corrected chi connectivity index (χ2v) is 4.28. The maximum atomic E-state index is 11.4. The second kappa shape index (κ2) is 5.68. The van der Waals surface area contributed by atoms with E-state index in [0.29, 0.717) is 11.3 Å². The molecule has 4 nitrogen and oxygen atoms in total. The van der Waals surface area contributed by atoms with Crippen LogP contribution in [0.15, 0.2) is 18.2 Å². The number of nitrogens with one attached hydrogen (secondary N) is 1. The molecule has 0 heterocycles. The van der Waals surface area contributed by atoms with E-state index in [1.54, 1.807) is 32.0 Å². The van der Waals surface area contributed by atoms with E-state index >= 15 is 0 Å². The zero-order valence-electron chi connectivity index (χ0n) is 9.91. The number of esters is 1. The molecule has 92 valence electrons. The van der Waals surface area contributed by atoms with E-state index in [1.165, 1.54) is 7.11 Å². The van der Waals surface area contributed by atoms with Crippen molar-refractivity contribution in [3.63, 3.8) is 0 Å². The molecule has 0 aliphatic carbocycles. The lowest BCUT2D eigenvalue weighted by atomic mass is 10.1. The van der Waals surface area contributed by atoms with Crippen molar-refractivity contribution in [1.29, 1.82) is 0 Å². The molecular formula is C12H14ClNO3. The number of amides is 1. The Morgan fingerprint density at radius 2 is 2.06 bits per heavy atom. The van der Waals surface area contributed by atoms with Gasteiger partial charge in [0.2, 0.25) is 5.91 Å². The molecule has 1 atom stereocenters. The minimum atomic E-state index is -0.602. The number of methoxy groups -OCH3 is 1. The summed E-state index contributed by atoms with van der Waals surface area (Å²) in [5.74, 6) is -0.683. The Bertz CT molecular complexity index is 443. The quantitative estimate of drug-likeness (QED) is 0.666. The highest BCUT2D eigenvalue weighted by Gasteiger charge is 2.12. The number of carbonyl (C=O) groups excluding carboxylic acids is 2. The van der Waals surface area contributed by atoms with Crippen LogP contribution >= 0.6 is 11.6 Å². The van der Waals surface area contributed by atoms with Crippen LogP contribution in [-0.4, -0.2) is 24.4 Å². The Hall–Kier alpha value is -1.55. The van der Waals surface area contributed by atoms with Gasteiger partial charge in [-0.05, 0) is 37.6 Å². The number of rotatable bonds is 3. The normalized spacial score (nSPS) is 11.8. The Morgan fingerprint density at radius 1 is 1.41 bits per heavy atom. The van der Waals surface area contributed by atoms with Crippen molar-refractivity contribution >= 4 is 29.2 Å². The maximum Gasteiger partial charge on any atom is 0.337 e. The topological polar surface area (TPSA) is 55.4 Å². The Balaban J connectivity index is 2.90. The number of hydrogen-bond acceptors (Lipinski definition) is 3. The van der Waals surface area contributed by atoms with Crippen molar-refractivity contribution in [1.82, 2.24) is 0 Å². The van der Waals surface area contributed by atoms with Gasteiger partial charge in [0.05, 0.1) is 12.7 Å². The van der Waals surface area contributed by atoms with E-state index in [-0.39, 0.29) is 5.91 Å². The van der Waals surface area contributed by atoms with Crippen LogP contribution in [-0.2, 0) is 9.53 Å². The highest BCUT2D eigenvalue weighted by molar-refractivity contribution is 6.32. The molecule has 0 bridgehead atoms. The fraction of sp³-hybridized carbons (Fsp3) is 0.333. The largest absolute Gasteiger partial charge is 0.465 e. The summed E-state index contributed by atoms with van der Waals surface area (Å²) in [4.78, 5) is 22.7. The van der Waals surface area contributed by atoms with Gasteiger partial charge in [-0.15, -0.1) is 11.6 Å². The van der Waals surface area contributed by atoms with Crippen LogP contribution in [0.2, 0.25) is 0 Å². The molecule has 0 aromatic heterocycles. The van der Waals surface area contributed by atoms with Gasteiger partial charge in [-0.1, -0.05) is 0 Å². The van der Waals surface area contributed by atoms with E-state index < -0.39 is 11.3 Å². The Labute approximate surface area is 105 Å². The SMILES string of the molecule is COC(=O)c1ccc(NC(=O)C(C)Cl)c(C)c1. The summed E-state index contributed by atoms with van der Waals surface area (Å²) in [6, 6.07) is 4.90. The first-order valence-corrected chi connectivity index (χ1v) is 5.53. The van der Waals surface area contributed by atoms with Crippen molar-refractivity contribution in [3.05, 3.63) is 29.3 Å². The zero-order chi connectivity index (χ0) is 13.0. The average Bonchev–Trinajstić information content (AvgIpc) is 2.30. The van der Waals surface area contributed by atoms with Crippen molar-refractivity contribution in [2.45, 2.75) is 19.2 Å². The Morgan fingerprint density at radius 3 is 2.53 bits per heavy atom.